The predicted octanol–water partition coefficient (Wildman–Crippen LogP) is 1.86. The molecular weight excluding hydrogens is 366 g/mol. The van der Waals surface area contributed by atoms with Gasteiger partial charge < -0.3 is 20.3 Å². The summed E-state index contributed by atoms with van der Waals surface area (Å²) in [5, 5.41) is 0. The van der Waals surface area contributed by atoms with E-state index in [1.54, 1.807) is 0 Å². The van der Waals surface area contributed by atoms with Crippen LogP contribution in [0.2, 0.25) is 0 Å². The number of fused-ring (bicyclic) bond motifs is 3. The molecule has 2 aromatic heterocycles. The largest absolute Gasteiger partial charge is 0.368 e. The van der Waals surface area contributed by atoms with Gasteiger partial charge in [0, 0.05) is 38.9 Å². The second-order valence-electron chi connectivity index (χ2n) is 8.56. The van der Waals surface area contributed by atoms with E-state index in [0.717, 1.165) is 62.7 Å². The fraction of sp³-hybridized carbons (Fsp3) is 0.619. The van der Waals surface area contributed by atoms with Gasteiger partial charge in [0.2, 0.25) is 11.9 Å². The van der Waals surface area contributed by atoms with Gasteiger partial charge in [-0.15, -0.1) is 0 Å². The smallest absolute Gasteiger partial charge is 0.227 e. The number of anilines is 3. The van der Waals surface area contributed by atoms with Gasteiger partial charge in [0.05, 0.1) is 18.0 Å². The Bertz CT molecular complexity index is 921. The summed E-state index contributed by atoms with van der Waals surface area (Å²) in [7, 11) is 4.02. The molecule has 8 heteroatoms. The molecule has 0 bridgehead atoms. The topological polar surface area (TPSA) is 93.3 Å². The minimum atomic E-state index is -0.349. The molecule has 0 unspecified atom stereocenters. The Hall–Kier alpha value is -2.48. The highest BCUT2D eigenvalue weighted by atomic mass is 16.5. The van der Waals surface area contributed by atoms with E-state index in [9.17, 15) is 0 Å². The van der Waals surface area contributed by atoms with E-state index >= 15 is 0 Å². The fourth-order valence-electron chi connectivity index (χ4n) is 4.91. The summed E-state index contributed by atoms with van der Waals surface area (Å²) in [6, 6.07) is 0. The Morgan fingerprint density at radius 3 is 2.66 bits per heavy atom. The van der Waals surface area contributed by atoms with Gasteiger partial charge in [0.25, 0.3) is 0 Å². The van der Waals surface area contributed by atoms with Crippen LogP contribution in [-0.4, -0.2) is 53.7 Å². The zero-order valence-electron chi connectivity index (χ0n) is 17.3. The third-order valence-corrected chi connectivity index (χ3v) is 6.48. The minimum absolute atomic E-state index is 0.330. The molecule has 3 aliphatic rings. The summed E-state index contributed by atoms with van der Waals surface area (Å²) in [5.74, 6) is 2.25. The summed E-state index contributed by atoms with van der Waals surface area (Å²) in [4.78, 5) is 23.0. The molecule has 1 spiro atoms. The monoisotopic (exact) mass is 395 g/mol. The van der Waals surface area contributed by atoms with Gasteiger partial charge in [-0.25, -0.2) is 15.0 Å². The lowest BCUT2D eigenvalue weighted by Gasteiger charge is -2.44. The average Bonchev–Trinajstić information content (AvgIpc) is 2.74. The van der Waals surface area contributed by atoms with Crippen LogP contribution in [0.1, 0.15) is 48.2 Å². The lowest BCUT2D eigenvalue weighted by Crippen LogP contribution is -2.48. The van der Waals surface area contributed by atoms with Gasteiger partial charge in [-0.2, -0.15) is 4.98 Å². The lowest BCUT2D eigenvalue weighted by molar-refractivity contribution is -0.0801. The van der Waals surface area contributed by atoms with Crippen molar-refractivity contribution < 1.29 is 4.74 Å². The molecule has 0 aromatic carbocycles. The Morgan fingerprint density at radius 2 is 1.86 bits per heavy atom. The van der Waals surface area contributed by atoms with Crippen LogP contribution in [0.4, 0.5) is 17.7 Å². The molecule has 1 fully saturated rings. The van der Waals surface area contributed by atoms with E-state index in [1.807, 2.05) is 25.2 Å². The van der Waals surface area contributed by atoms with Crippen LogP contribution in [-0.2, 0) is 29.6 Å². The van der Waals surface area contributed by atoms with Crippen molar-refractivity contribution in [1.29, 1.82) is 0 Å². The van der Waals surface area contributed by atoms with Crippen molar-refractivity contribution in [1.82, 2.24) is 19.9 Å². The van der Waals surface area contributed by atoms with Crippen LogP contribution < -0.4 is 15.5 Å². The molecule has 1 aliphatic carbocycles. The van der Waals surface area contributed by atoms with Crippen LogP contribution in [0.3, 0.4) is 0 Å². The maximum Gasteiger partial charge on any atom is 0.227 e. The Morgan fingerprint density at radius 1 is 1.07 bits per heavy atom. The number of nitrogen functional groups attached to an aromatic ring is 1. The van der Waals surface area contributed by atoms with E-state index < -0.39 is 0 Å². The molecular formula is C21H29N7O. The van der Waals surface area contributed by atoms with Crippen LogP contribution >= 0.6 is 0 Å². The SMILES string of the molecule is CN(C)c1nc2c(c(N3CCC4(CC3)OCCc3cnc(N)nc34)n1)CCCC2. The number of aryl methyl sites for hydroxylation is 1. The highest BCUT2D eigenvalue weighted by Gasteiger charge is 2.43. The quantitative estimate of drug-likeness (QED) is 0.824. The minimum Gasteiger partial charge on any atom is -0.368 e. The molecule has 0 atom stereocenters. The van der Waals surface area contributed by atoms with Gasteiger partial charge in [-0.1, -0.05) is 0 Å². The van der Waals surface area contributed by atoms with Crippen molar-refractivity contribution in [2.24, 2.45) is 0 Å². The molecule has 29 heavy (non-hydrogen) atoms. The molecule has 4 heterocycles. The molecule has 0 radical (unpaired) electrons. The van der Waals surface area contributed by atoms with Gasteiger partial charge in [-0.3, -0.25) is 0 Å². The zero-order valence-corrected chi connectivity index (χ0v) is 17.3. The van der Waals surface area contributed by atoms with Gasteiger partial charge in [0.1, 0.15) is 11.4 Å². The van der Waals surface area contributed by atoms with Crippen LogP contribution in [0, 0.1) is 0 Å². The van der Waals surface area contributed by atoms with E-state index in [-0.39, 0.29) is 5.60 Å². The van der Waals surface area contributed by atoms with E-state index in [0.29, 0.717) is 12.6 Å². The maximum absolute atomic E-state index is 6.33. The molecule has 2 N–H and O–H groups in total. The number of nitrogens with two attached hydrogens (primary N) is 1. The van der Waals surface area contributed by atoms with Crippen molar-refractivity contribution in [3.8, 4) is 0 Å². The average molecular weight is 396 g/mol. The molecule has 0 saturated carbocycles. The Kier molecular flexibility index (Phi) is 4.53. The third kappa shape index (κ3) is 3.19. The van der Waals surface area contributed by atoms with E-state index in [4.69, 9.17) is 20.4 Å². The number of rotatable bonds is 2. The van der Waals surface area contributed by atoms with Crippen molar-refractivity contribution in [2.45, 2.75) is 50.5 Å². The predicted molar refractivity (Wildman–Crippen MR) is 112 cm³/mol. The number of piperidine rings is 1. The van der Waals surface area contributed by atoms with Crippen molar-refractivity contribution >= 4 is 17.7 Å². The second kappa shape index (κ2) is 7.09. The molecule has 1 saturated heterocycles. The molecule has 154 valence electrons. The van der Waals surface area contributed by atoms with Crippen molar-refractivity contribution in [3.63, 3.8) is 0 Å². The first-order chi connectivity index (χ1) is 14.1. The molecule has 2 aromatic rings. The van der Waals surface area contributed by atoms with E-state index in [2.05, 4.69) is 14.9 Å². The summed E-state index contributed by atoms with van der Waals surface area (Å²) in [5.41, 5.74) is 10.3. The molecule has 2 aliphatic heterocycles. The van der Waals surface area contributed by atoms with Gasteiger partial charge in [-0.05, 0) is 50.5 Å². The summed E-state index contributed by atoms with van der Waals surface area (Å²) in [6.07, 6.45) is 9.05. The Labute approximate surface area is 171 Å². The highest BCUT2D eigenvalue weighted by molar-refractivity contribution is 5.54. The maximum atomic E-state index is 6.33. The number of hydrogen-bond donors (Lipinski definition) is 1. The molecule has 0 amide bonds. The van der Waals surface area contributed by atoms with Gasteiger partial charge >= 0.3 is 0 Å². The molecule has 5 rings (SSSR count). The summed E-state index contributed by atoms with van der Waals surface area (Å²) < 4.78 is 6.33. The van der Waals surface area contributed by atoms with Crippen molar-refractivity contribution in [2.75, 3.05) is 49.3 Å². The lowest BCUT2D eigenvalue weighted by atomic mass is 9.83. The third-order valence-electron chi connectivity index (χ3n) is 6.48. The normalized spacial score (nSPS) is 20.3. The first kappa shape index (κ1) is 18.5. The number of hydrogen-bond acceptors (Lipinski definition) is 8. The van der Waals surface area contributed by atoms with Crippen LogP contribution in [0.5, 0.6) is 0 Å². The van der Waals surface area contributed by atoms with Crippen LogP contribution in [0.25, 0.3) is 0 Å². The Balaban J connectivity index is 1.45. The fourth-order valence-corrected chi connectivity index (χ4v) is 4.91. The van der Waals surface area contributed by atoms with Crippen molar-refractivity contribution in [3.05, 3.63) is 28.7 Å². The highest BCUT2D eigenvalue weighted by Crippen LogP contribution is 2.42. The number of nitrogens with zero attached hydrogens (tertiary/aromatic N) is 6. The second-order valence-corrected chi connectivity index (χ2v) is 8.56. The number of aromatic nitrogens is 4. The standard InChI is InChI=1S/C21H29N7O/c1-27(2)20-24-16-6-4-3-5-15(16)18(26-20)28-10-8-21(9-11-28)17-14(7-12-29-21)13-23-19(22)25-17/h13H,3-12H2,1-2H3,(H2,22,23,25). The first-order valence-electron chi connectivity index (χ1n) is 10.6. The summed E-state index contributed by atoms with van der Waals surface area (Å²) in [6.45, 7) is 2.49. The van der Waals surface area contributed by atoms with E-state index in [1.165, 1.54) is 29.7 Å². The van der Waals surface area contributed by atoms with Gasteiger partial charge in [0.15, 0.2) is 0 Å². The first-order valence-corrected chi connectivity index (χ1v) is 10.6. The zero-order chi connectivity index (χ0) is 20.0. The number of ether oxygens (including phenoxy) is 1. The molecule has 8 nitrogen and oxygen atoms in total. The summed E-state index contributed by atoms with van der Waals surface area (Å²) >= 11 is 0. The van der Waals surface area contributed by atoms with Crippen LogP contribution in [0.15, 0.2) is 6.20 Å².